The summed E-state index contributed by atoms with van der Waals surface area (Å²) in [5.41, 5.74) is 6.47. The average Bonchev–Trinajstić information content (AvgIpc) is 3.40. The zero-order valence-corrected chi connectivity index (χ0v) is 16.2. The van der Waals surface area contributed by atoms with Crippen molar-refractivity contribution in [1.82, 2.24) is 20.4 Å². The summed E-state index contributed by atoms with van der Waals surface area (Å²) in [7, 11) is 0. The van der Waals surface area contributed by atoms with E-state index in [1.807, 2.05) is 54.6 Å². The predicted octanol–water partition coefficient (Wildman–Crippen LogP) is 3.14. The van der Waals surface area contributed by atoms with Gasteiger partial charge in [-0.25, -0.2) is 4.98 Å². The van der Waals surface area contributed by atoms with Crippen molar-refractivity contribution < 1.29 is 14.3 Å². The number of hydrogen-bond donors (Lipinski definition) is 2. The molecule has 7 nitrogen and oxygen atoms in total. The molecule has 0 fully saturated rings. The fourth-order valence-corrected chi connectivity index (χ4v) is 3.47. The lowest BCUT2D eigenvalue weighted by atomic mass is 10.3. The van der Waals surface area contributed by atoms with Crippen LogP contribution in [0.1, 0.15) is 15.5 Å². The summed E-state index contributed by atoms with van der Waals surface area (Å²) in [4.78, 5) is 29.6. The Morgan fingerprint density at radius 1 is 0.966 bits per heavy atom. The van der Waals surface area contributed by atoms with Crippen molar-refractivity contribution in [1.29, 1.82) is 0 Å². The monoisotopic (exact) mass is 406 g/mol. The number of aromatic nitrogens is 2. The van der Waals surface area contributed by atoms with Crippen LogP contribution in [0.15, 0.2) is 72.1 Å². The van der Waals surface area contributed by atoms with E-state index in [2.05, 4.69) is 15.8 Å². The molecule has 0 aliphatic rings. The van der Waals surface area contributed by atoms with Gasteiger partial charge >= 0.3 is 0 Å². The number of carbonyl (C=O) groups is 2. The summed E-state index contributed by atoms with van der Waals surface area (Å²) in [6, 6.07) is 20.4. The van der Waals surface area contributed by atoms with Crippen molar-refractivity contribution in [3.8, 4) is 5.75 Å². The number of para-hydroxylation sites is 3. The largest absolute Gasteiger partial charge is 0.486 e. The van der Waals surface area contributed by atoms with E-state index in [0.29, 0.717) is 10.7 Å². The molecule has 8 heteroatoms. The van der Waals surface area contributed by atoms with Crippen molar-refractivity contribution in [3.63, 3.8) is 0 Å². The molecule has 29 heavy (non-hydrogen) atoms. The molecule has 2 heterocycles. The summed E-state index contributed by atoms with van der Waals surface area (Å²) in [6.45, 7) is 0.215. The average molecular weight is 406 g/mol. The molecule has 0 aliphatic heterocycles. The number of hydrogen-bond acceptors (Lipinski definition) is 5. The van der Waals surface area contributed by atoms with Crippen LogP contribution < -0.4 is 15.6 Å². The van der Waals surface area contributed by atoms with Crippen LogP contribution in [0.2, 0.25) is 0 Å². The van der Waals surface area contributed by atoms with Gasteiger partial charge in [0.2, 0.25) is 0 Å². The van der Waals surface area contributed by atoms with Crippen LogP contribution in [0, 0.1) is 0 Å². The van der Waals surface area contributed by atoms with E-state index in [1.165, 1.54) is 11.3 Å². The Morgan fingerprint density at radius 2 is 1.76 bits per heavy atom. The second-order valence-electron chi connectivity index (χ2n) is 6.18. The molecule has 0 aliphatic carbocycles. The molecule has 0 saturated carbocycles. The minimum absolute atomic E-state index is 0.00127. The van der Waals surface area contributed by atoms with Gasteiger partial charge in [-0.1, -0.05) is 36.4 Å². The summed E-state index contributed by atoms with van der Waals surface area (Å²) >= 11 is 1.30. The zero-order valence-electron chi connectivity index (χ0n) is 15.4. The van der Waals surface area contributed by atoms with Crippen LogP contribution in [0.25, 0.3) is 11.0 Å². The van der Waals surface area contributed by atoms with Crippen LogP contribution in [0.5, 0.6) is 5.75 Å². The van der Waals surface area contributed by atoms with E-state index in [-0.39, 0.29) is 25.0 Å². The predicted molar refractivity (Wildman–Crippen MR) is 110 cm³/mol. The van der Waals surface area contributed by atoms with Crippen LogP contribution in [0.3, 0.4) is 0 Å². The van der Waals surface area contributed by atoms with E-state index in [1.54, 1.807) is 22.1 Å². The third-order valence-electron chi connectivity index (χ3n) is 4.21. The van der Waals surface area contributed by atoms with E-state index in [0.717, 1.165) is 16.8 Å². The lowest BCUT2D eigenvalue weighted by Crippen LogP contribution is -2.43. The highest BCUT2D eigenvalue weighted by Crippen LogP contribution is 2.18. The number of rotatable bonds is 6. The first kappa shape index (κ1) is 18.7. The van der Waals surface area contributed by atoms with E-state index >= 15 is 0 Å². The van der Waals surface area contributed by atoms with E-state index in [4.69, 9.17) is 4.74 Å². The first-order chi connectivity index (χ1) is 14.2. The standard InChI is InChI=1S/C21H18N4O3S/c26-20(23-24-21(27)18-11-6-12-29-18)13-25-17-10-5-4-9-16(17)22-19(25)14-28-15-7-2-1-3-8-15/h1-12H,13-14H2,(H,23,26)(H,24,27). The second-order valence-corrected chi connectivity index (χ2v) is 7.13. The molecule has 146 valence electrons. The van der Waals surface area contributed by atoms with Gasteiger partial charge in [-0.3, -0.25) is 20.4 Å². The van der Waals surface area contributed by atoms with Gasteiger partial charge in [0.05, 0.1) is 15.9 Å². The normalized spacial score (nSPS) is 10.6. The number of ether oxygens (including phenoxy) is 1. The highest BCUT2D eigenvalue weighted by molar-refractivity contribution is 7.12. The fraction of sp³-hybridized carbons (Fsp3) is 0.0952. The number of imidazole rings is 1. The Bertz CT molecular complexity index is 1120. The molecule has 2 amide bonds. The molecule has 0 saturated heterocycles. The number of hydrazine groups is 1. The molecule has 4 aromatic rings. The molecule has 0 bridgehead atoms. The quantitative estimate of drug-likeness (QED) is 0.482. The molecular formula is C21H18N4O3S. The second kappa shape index (κ2) is 8.57. The molecule has 0 radical (unpaired) electrons. The van der Waals surface area contributed by atoms with Gasteiger partial charge in [-0.2, -0.15) is 0 Å². The van der Waals surface area contributed by atoms with Gasteiger partial charge in [0.25, 0.3) is 11.8 Å². The smallest absolute Gasteiger partial charge is 0.279 e. The van der Waals surface area contributed by atoms with Gasteiger partial charge in [0, 0.05) is 0 Å². The number of nitrogens with one attached hydrogen (secondary N) is 2. The molecule has 2 aromatic carbocycles. The van der Waals surface area contributed by atoms with Gasteiger partial charge < -0.3 is 9.30 Å². The van der Waals surface area contributed by atoms with Crippen LogP contribution in [0.4, 0.5) is 0 Å². The number of carbonyl (C=O) groups excluding carboxylic acids is 2. The molecule has 2 aromatic heterocycles. The lowest BCUT2D eigenvalue weighted by Gasteiger charge is -2.11. The maximum atomic E-state index is 12.4. The molecule has 4 rings (SSSR count). The molecule has 0 unspecified atom stereocenters. The third-order valence-corrected chi connectivity index (χ3v) is 5.08. The minimum atomic E-state index is -0.362. The maximum absolute atomic E-state index is 12.4. The van der Waals surface area contributed by atoms with Crippen LogP contribution in [-0.2, 0) is 17.9 Å². The SMILES string of the molecule is O=C(Cn1c(COc2ccccc2)nc2ccccc21)NNC(=O)c1cccs1. The first-order valence-electron chi connectivity index (χ1n) is 8.95. The van der Waals surface area contributed by atoms with Gasteiger partial charge in [0.15, 0.2) is 0 Å². The molecular weight excluding hydrogens is 388 g/mol. The molecule has 0 spiro atoms. The Kier molecular flexibility index (Phi) is 5.53. The van der Waals surface area contributed by atoms with E-state index in [9.17, 15) is 9.59 Å². The van der Waals surface area contributed by atoms with Crippen molar-refractivity contribution in [2.24, 2.45) is 0 Å². The third kappa shape index (κ3) is 4.44. The number of nitrogens with zero attached hydrogens (tertiary/aromatic N) is 2. The zero-order chi connectivity index (χ0) is 20.1. The van der Waals surface area contributed by atoms with Gasteiger partial charge in [-0.15, -0.1) is 11.3 Å². The summed E-state index contributed by atoms with van der Waals surface area (Å²) in [6.07, 6.45) is 0. The number of amides is 2. The van der Waals surface area contributed by atoms with Crippen LogP contribution in [-0.4, -0.2) is 21.4 Å². The fourth-order valence-electron chi connectivity index (χ4n) is 2.86. The first-order valence-corrected chi connectivity index (χ1v) is 9.83. The highest BCUT2D eigenvalue weighted by atomic mass is 32.1. The Labute approximate surface area is 170 Å². The van der Waals surface area contributed by atoms with Crippen molar-refractivity contribution in [2.45, 2.75) is 13.2 Å². The van der Waals surface area contributed by atoms with Crippen molar-refractivity contribution in [3.05, 3.63) is 82.8 Å². The Balaban J connectivity index is 1.47. The van der Waals surface area contributed by atoms with Crippen molar-refractivity contribution >= 4 is 34.2 Å². The highest BCUT2D eigenvalue weighted by Gasteiger charge is 2.15. The summed E-state index contributed by atoms with van der Waals surface area (Å²) in [5.74, 6) is 0.629. The van der Waals surface area contributed by atoms with Gasteiger partial charge in [-0.05, 0) is 35.7 Å². The number of thiophene rings is 1. The number of benzene rings is 2. The Hall–Kier alpha value is -3.65. The van der Waals surface area contributed by atoms with Crippen LogP contribution >= 0.6 is 11.3 Å². The van der Waals surface area contributed by atoms with Crippen molar-refractivity contribution in [2.75, 3.05) is 0 Å². The maximum Gasteiger partial charge on any atom is 0.279 e. The molecule has 2 N–H and O–H groups in total. The summed E-state index contributed by atoms with van der Waals surface area (Å²) < 4.78 is 7.59. The van der Waals surface area contributed by atoms with E-state index < -0.39 is 0 Å². The lowest BCUT2D eigenvalue weighted by molar-refractivity contribution is -0.122. The Morgan fingerprint density at radius 3 is 2.55 bits per heavy atom. The minimum Gasteiger partial charge on any atom is -0.486 e. The van der Waals surface area contributed by atoms with Gasteiger partial charge in [0.1, 0.15) is 24.7 Å². The topological polar surface area (TPSA) is 85.2 Å². The summed E-state index contributed by atoms with van der Waals surface area (Å²) in [5, 5.41) is 1.80. The number of fused-ring (bicyclic) bond motifs is 1. The molecule has 0 atom stereocenters.